The number of hydrogen-bond acceptors (Lipinski definition) is 5. The van der Waals surface area contributed by atoms with E-state index in [4.69, 9.17) is 0 Å². The molecule has 0 aromatic heterocycles. The number of carboxylic acid groups (broad SMARTS) is 1. The fraction of sp³-hybridized carbons (Fsp3) is 0.667. The van der Waals surface area contributed by atoms with E-state index in [1.165, 1.54) is 0 Å². The van der Waals surface area contributed by atoms with Gasteiger partial charge in [0.15, 0.2) is 11.6 Å². The first-order valence-corrected chi connectivity index (χ1v) is 15.5. The molecule has 3 aliphatic rings. The maximum absolute atomic E-state index is 14.0. The van der Waals surface area contributed by atoms with Gasteiger partial charge < -0.3 is 5.11 Å². The standard InChI is InChI=1S/C33H48O4S2/c1-19(26(36)37)31(14)38-32(15-20(27(2,3)4)24(34)21(16-32)28(5,6)7)33(39-31)17-22(29(8,9)10)25(35)23(18-33)30(11,12)13/h15-19H,1-14H3,(H,36,37). The smallest absolute Gasteiger partial charge is 0.308 e. The molecular weight excluding hydrogens is 524 g/mol. The average molecular weight is 573 g/mol. The van der Waals surface area contributed by atoms with Gasteiger partial charge in [-0.05, 0) is 35.5 Å². The Balaban J connectivity index is 2.58. The van der Waals surface area contributed by atoms with E-state index < -0.39 is 47.1 Å². The summed E-state index contributed by atoms with van der Waals surface area (Å²) in [6.45, 7) is 28.5. The average Bonchev–Trinajstić information content (AvgIpc) is 2.95. The lowest BCUT2D eigenvalue weighted by molar-refractivity contribution is -0.141. The number of hydrogen-bond donors (Lipinski definition) is 1. The predicted molar refractivity (Wildman–Crippen MR) is 166 cm³/mol. The minimum atomic E-state index is -0.858. The van der Waals surface area contributed by atoms with E-state index in [0.717, 1.165) is 22.3 Å². The van der Waals surface area contributed by atoms with Crippen LogP contribution in [0.1, 0.15) is 96.9 Å². The Kier molecular flexibility index (Phi) is 7.58. The van der Waals surface area contributed by atoms with Crippen molar-refractivity contribution in [1.82, 2.24) is 0 Å². The number of allylic oxidation sites excluding steroid dienone is 4. The van der Waals surface area contributed by atoms with Gasteiger partial charge in [-0.1, -0.05) is 107 Å². The van der Waals surface area contributed by atoms with Crippen LogP contribution in [0.5, 0.6) is 0 Å². The molecule has 216 valence electrons. The van der Waals surface area contributed by atoms with Gasteiger partial charge in [0.1, 0.15) is 0 Å². The van der Waals surface area contributed by atoms with Crippen LogP contribution in [0.25, 0.3) is 0 Å². The van der Waals surface area contributed by atoms with Crippen LogP contribution in [-0.2, 0) is 14.4 Å². The van der Waals surface area contributed by atoms with E-state index in [0.29, 0.717) is 0 Å². The Labute approximate surface area is 244 Å². The fourth-order valence-corrected chi connectivity index (χ4v) is 9.95. The van der Waals surface area contributed by atoms with E-state index in [2.05, 4.69) is 107 Å². The Morgan fingerprint density at radius 2 is 0.872 bits per heavy atom. The van der Waals surface area contributed by atoms with Crippen molar-refractivity contribution in [1.29, 1.82) is 0 Å². The number of Topliss-reactive ketones (excluding diaryl/α,β-unsaturated/α-hetero) is 2. The van der Waals surface area contributed by atoms with Crippen molar-refractivity contribution in [2.45, 2.75) is 111 Å². The Morgan fingerprint density at radius 3 is 1.05 bits per heavy atom. The number of rotatable bonds is 2. The van der Waals surface area contributed by atoms with Gasteiger partial charge in [-0.2, -0.15) is 0 Å². The van der Waals surface area contributed by atoms with E-state index >= 15 is 0 Å². The number of aliphatic carboxylic acids is 1. The minimum absolute atomic E-state index is 0.0493. The summed E-state index contributed by atoms with van der Waals surface area (Å²) in [7, 11) is 0. The molecule has 39 heavy (non-hydrogen) atoms. The van der Waals surface area contributed by atoms with Crippen LogP contribution in [0.3, 0.4) is 0 Å². The summed E-state index contributed by atoms with van der Waals surface area (Å²) in [5.74, 6) is -1.43. The number of fused-ring (bicyclic) bond motifs is 1. The van der Waals surface area contributed by atoms with E-state index in [-0.39, 0.29) is 11.6 Å². The first-order chi connectivity index (χ1) is 17.2. The van der Waals surface area contributed by atoms with Crippen molar-refractivity contribution in [3.63, 3.8) is 0 Å². The maximum atomic E-state index is 14.0. The highest BCUT2D eigenvalue weighted by Gasteiger charge is 2.65. The zero-order valence-corrected chi connectivity index (χ0v) is 28.0. The quantitative estimate of drug-likeness (QED) is 0.358. The van der Waals surface area contributed by atoms with Gasteiger partial charge in [0.2, 0.25) is 0 Å². The molecule has 0 saturated carbocycles. The molecule has 0 bridgehead atoms. The highest BCUT2D eigenvalue weighted by Crippen LogP contribution is 2.71. The van der Waals surface area contributed by atoms with Crippen molar-refractivity contribution >= 4 is 41.1 Å². The first kappa shape index (κ1) is 32.0. The predicted octanol–water partition coefficient (Wildman–Crippen LogP) is 8.44. The zero-order valence-electron chi connectivity index (χ0n) is 26.4. The van der Waals surface area contributed by atoms with Crippen LogP contribution in [-0.4, -0.2) is 36.2 Å². The Bertz CT molecular complexity index is 1080. The molecule has 0 amide bonds. The van der Waals surface area contributed by atoms with Crippen LogP contribution in [0.2, 0.25) is 0 Å². The van der Waals surface area contributed by atoms with E-state index in [1.807, 2.05) is 6.92 Å². The normalized spacial score (nSPS) is 23.8. The van der Waals surface area contributed by atoms with Crippen molar-refractivity contribution in [3.05, 3.63) is 46.6 Å². The third-order valence-electron chi connectivity index (χ3n) is 8.16. The molecule has 2 spiro atoms. The van der Waals surface area contributed by atoms with Crippen LogP contribution in [0.4, 0.5) is 0 Å². The number of thioether (sulfide) groups is 2. The van der Waals surface area contributed by atoms with Crippen LogP contribution in [0, 0.1) is 27.6 Å². The molecule has 1 fully saturated rings. The van der Waals surface area contributed by atoms with Crippen molar-refractivity contribution in [2.75, 3.05) is 0 Å². The third-order valence-corrected chi connectivity index (χ3v) is 12.1. The molecule has 0 aromatic rings. The largest absolute Gasteiger partial charge is 0.481 e. The lowest BCUT2D eigenvalue weighted by Gasteiger charge is -2.46. The van der Waals surface area contributed by atoms with Gasteiger partial charge >= 0.3 is 5.97 Å². The molecule has 6 heteroatoms. The molecule has 0 aromatic carbocycles. The molecule has 1 N–H and O–H groups in total. The molecule has 1 heterocycles. The third kappa shape index (κ3) is 5.41. The van der Waals surface area contributed by atoms with Gasteiger partial charge in [-0.15, -0.1) is 23.5 Å². The molecule has 3 rings (SSSR count). The minimum Gasteiger partial charge on any atom is -0.481 e. The summed E-state index contributed by atoms with van der Waals surface area (Å²) in [6, 6.07) is 0. The van der Waals surface area contributed by atoms with Crippen LogP contribution < -0.4 is 0 Å². The Hall–Kier alpha value is -1.53. The molecule has 1 unspecified atom stereocenters. The topological polar surface area (TPSA) is 71.4 Å². The monoisotopic (exact) mass is 572 g/mol. The number of carboxylic acids is 1. The summed E-state index contributed by atoms with van der Waals surface area (Å²) in [4.78, 5) is 40.4. The van der Waals surface area contributed by atoms with E-state index in [1.54, 1.807) is 30.4 Å². The molecular formula is C33H48O4S2. The maximum Gasteiger partial charge on any atom is 0.308 e. The lowest BCUT2D eigenvalue weighted by Crippen LogP contribution is -2.48. The van der Waals surface area contributed by atoms with Gasteiger partial charge in [0, 0.05) is 22.3 Å². The SMILES string of the molecule is CC(C(=O)O)C1(C)SC2(C=C(C(C)(C)C)C(=O)C(C(C)(C)C)=C2)C2(C=C(C(C)(C)C)C(=O)C(C(C)(C)C)=C2)S1. The number of carbonyl (C=O) groups is 3. The van der Waals surface area contributed by atoms with Crippen molar-refractivity contribution in [3.8, 4) is 0 Å². The summed E-state index contributed by atoms with van der Waals surface area (Å²) in [6.07, 6.45) is 8.47. The van der Waals surface area contributed by atoms with Gasteiger partial charge in [0.05, 0.1) is 19.5 Å². The second-order valence-corrected chi connectivity index (χ2v) is 19.5. The summed E-state index contributed by atoms with van der Waals surface area (Å²) < 4.78 is -2.28. The van der Waals surface area contributed by atoms with Crippen LogP contribution in [0.15, 0.2) is 46.6 Å². The molecule has 1 atom stereocenters. The highest BCUT2D eigenvalue weighted by molar-refractivity contribution is 8.23. The summed E-state index contributed by atoms with van der Waals surface area (Å²) >= 11 is 3.25. The van der Waals surface area contributed by atoms with Gasteiger partial charge in [-0.25, -0.2) is 0 Å². The number of ketones is 2. The summed E-state index contributed by atoms with van der Waals surface area (Å²) in [5.41, 5.74) is 1.27. The van der Waals surface area contributed by atoms with Gasteiger partial charge in [-0.3, -0.25) is 14.4 Å². The fourth-order valence-electron chi connectivity index (χ4n) is 5.54. The van der Waals surface area contributed by atoms with Crippen molar-refractivity contribution in [2.24, 2.45) is 27.6 Å². The first-order valence-electron chi connectivity index (χ1n) is 13.9. The lowest BCUT2D eigenvalue weighted by atomic mass is 9.65. The summed E-state index contributed by atoms with van der Waals surface area (Å²) in [5, 5.41) is 10.2. The zero-order chi connectivity index (χ0) is 30.4. The second-order valence-electron chi connectivity index (χ2n) is 15.8. The van der Waals surface area contributed by atoms with Crippen LogP contribution >= 0.6 is 23.5 Å². The molecule has 2 aliphatic carbocycles. The second kappa shape index (κ2) is 9.24. The molecule has 0 radical (unpaired) electrons. The highest BCUT2D eigenvalue weighted by atomic mass is 32.2. The van der Waals surface area contributed by atoms with Crippen molar-refractivity contribution < 1.29 is 19.5 Å². The van der Waals surface area contributed by atoms with E-state index in [9.17, 15) is 19.5 Å². The Morgan fingerprint density at radius 1 is 0.641 bits per heavy atom. The molecule has 1 saturated heterocycles. The number of carbonyl (C=O) groups excluding carboxylic acids is 2. The molecule has 4 nitrogen and oxygen atoms in total. The van der Waals surface area contributed by atoms with Gasteiger partial charge in [0.25, 0.3) is 0 Å². The molecule has 1 aliphatic heterocycles.